The summed E-state index contributed by atoms with van der Waals surface area (Å²) < 4.78 is 0. The molecule has 2 aliphatic rings. The van der Waals surface area contributed by atoms with Crippen molar-refractivity contribution < 1.29 is 14.5 Å². The van der Waals surface area contributed by atoms with Gasteiger partial charge in [-0.3, -0.25) is 0 Å². The average Bonchev–Trinajstić information content (AvgIpc) is 3.07. The van der Waals surface area contributed by atoms with Crippen LogP contribution in [0.2, 0.25) is 0 Å². The Morgan fingerprint density at radius 1 is 1.43 bits per heavy atom. The number of carbonyl (C=O) groups excluding carboxylic acids is 1. The van der Waals surface area contributed by atoms with Gasteiger partial charge in [0.25, 0.3) is 0 Å². The van der Waals surface area contributed by atoms with E-state index in [1.54, 1.807) is 0 Å². The first-order valence-electron chi connectivity index (χ1n) is 7.17. The first-order chi connectivity index (χ1) is 10.1. The summed E-state index contributed by atoms with van der Waals surface area (Å²) in [5.41, 5.74) is 1.49. The molecule has 1 aliphatic heterocycles. The number of nitrogens with zero attached hydrogens (tertiary/aromatic N) is 2. The maximum absolute atomic E-state index is 12.4. The van der Waals surface area contributed by atoms with Crippen molar-refractivity contribution in [1.29, 1.82) is 0 Å². The van der Waals surface area contributed by atoms with E-state index in [4.69, 9.17) is 9.68 Å². The third kappa shape index (κ3) is 2.33. The number of fused-ring (bicyclic) bond motifs is 1. The molecule has 0 spiro atoms. The quantitative estimate of drug-likeness (QED) is 0.487. The molecule has 0 aromatic heterocycles. The van der Waals surface area contributed by atoms with E-state index in [0.29, 0.717) is 12.1 Å². The molecular weight excluding hydrogens is 268 g/mol. The van der Waals surface area contributed by atoms with Crippen LogP contribution in [0.3, 0.4) is 0 Å². The molecule has 1 aliphatic carbocycles. The number of hydrogen-bond donors (Lipinski definition) is 0. The first kappa shape index (κ1) is 13.8. The van der Waals surface area contributed by atoms with Crippen molar-refractivity contribution in [1.82, 2.24) is 0 Å². The molecule has 5 heteroatoms. The van der Waals surface area contributed by atoms with E-state index < -0.39 is 11.6 Å². The van der Waals surface area contributed by atoms with Crippen molar-refractivity contribution in [2.24, 2.45) is 16.2 Å². The average molecular weight is 286 g/mol. The summed E-state index contributed by atoms with van der Waals surface area (Å²) in [4.78, 5) is 23.0. The molecule has 0 saturated heterocycles. The summed E-state index contributed by atoms with van der Waals surface area (Å²) in [7, 11) is 0. The van der Waals surface area contributed by atoms with Crippen molar-refractivity contribution in [3.8, 4) is 0 Å². The molecule has 2 unspecified atom stereocenters. The summed E-state index contributed by atoms with van der Waals surface area (Å²) in [6.07, 6.45) is 2.48. The summed E-state index contributed by atoms with van der Waals surface area (Å²) >= 11 is 0. The molecular formula is C16H18N2O3. The summed E-state index contributed by atoms with van der Waals surface area (Å²) in [5, 5.41) is 7.92. The lowest BCUT2D eigenvalue weighted by Crippen LogP contribution is -2.43. The molecule has 3 rings (SSSR count). The van der Waals surface area contributed by atoms with Gasteiger partial charge in [-0.2, -0.15) is 0 Å². The standard InChI is InChI=1S/C16H18N2O3/c1-11(13-7-4-3-5-8-13)17-20-15(19)16-10-6-9-14(16)12(2)18-21-16/h3-5,7-8,14H,6,9-10H2,1-2H3/b17-11+. The Morgan fingerprint density at radius 2 is 2.19 bits per heavy atom. The molecule has 1 fully saturated rings. The van der Waals surface area contributed by atoms with Crippen LogP contribution in [0, 0.1) is 5.92 Å². The van der Waals surface area contributed by atoms with Crippen LogP contribution < -0.4 is 0 Å². The second-order valence-electron chi connectivity index (χ2n) is 5.58. The number of benzene rings is 1. The molecule has 2 atom stereocenters. The van der Waals surface area contributed by atoms with Crippen LogP contribution in [0.4, 0.5) is 0 Å². The summed E-state index contributed by atoms with van der Waals surface area (Å²) in [6, 6.07) is 9.60. The van der Waals surface area contributed by atoms with Gasteiger partial charge in [0.2, 0.25) is 5.60 Å². The van der Waals surface area contributed by atoms with E-state index in [2.05, 4.69) is 10.3 Å². The second kappa shape index (κ2) is 5.31. The molecule has 0 bridgehead atoms. The van der Waals surface area contributed by atoms with Crippen LogP contribution in [0.5, 0.6) is 0 Å². The van der Waals surface area contributed by atoms with E-state index in [9.17, 15) is 4.79 Å². The van der Waals surface area contributed by atoms with Crippen molar-refractivity contribution in [3.05, 3.63) is 35.9 Å². The van der Waals surface area contributed by atoms with Gasteiger partial charge in [0.15, 0.2) is 0 Å². The Labute approximate surface area is 123 Å². The second-order valence-corrected chi connectivity index (χ2v) is 5.58. The highest BCUT2D eigenvalue weighted by Crippen LogP contribution is 2.44. The third-order valence-corrected chi connectivity index (χ3v) is 4.26. The Kier molecular flexibility index (Phi) is 3.49. The molecule has 110 valence electrons. The van der Waals surface area contributed by atoms with Gasteiger partial charge >= 0.3 is 5.97 Å². The summed E-state index contributed by atoms with van der Waals surface area (Å²) in [5.74, 6) is -0.418. The Hall–Kier alpha value is -2.17. The van der Waals surface area contributed by atoms with Crippen molar-refractivity contribution in [3.63, 3.8) is 0 Å². The van der Waals surface area contributed by atoms with E-state index >= 15 is 0 Å². The van der Waals surface area contributed by atoms with Crippen LogP contribution in [-0.2, 0) is 14.5 Å². The van der Waals surface area contributed by atoms with Crippen molar-refractivity contribution in [2.45, 2.75) is 38.7 Å². The highest BCUT2D eigenvalue weighted by Gasteiger charge is 2.58. The van der Waals surface area contributed by atoms with Gasteiger partial charge < -0.3 is 9.68 Å². The largest absolute Gasteiger partial charge is 0.381 e. The number of hydrogen-bond acceptors (Lipinski definition) is 5. The van der Waals surface area contributed by atoms with E-state index in [0.717, 1.165) is 24.1 Å². The minimum Gasteiger partial charge on any atom is -0.376 e. The first-order valence-corrected chi connectivity index (χ1v) is 7.17. The molecule has 0 amide bonds. The van der Waals surface area contributed by atoms with Crippen LogP contribution in [0.1, 0.15) is 38.7 Å². The fraction of sp³-hybridized carbons (Fsp3) is 0.438. The van der Waals surface area contributed by atoms with Gasteiger partial charge in [-0.15, -0.1) is 0 Å². The highest BCUT2D eigenvalue weighted by molar-refractivity contribution is 5.99. The van der Waals surface area contributed by atoms with Gasteiger partial charge in [0.05, 0.1) is 17.3 Å². The fourth-order valence-electron chi connectivity index (χ4n) is 3.05. The molecule has 0 N–H and O–H groups in total. The van der Waals surface area contributed by atoms with Gasteiger partial charge in [-0.1, -0.05) is 40.6 Å². The lowest BCUT2D eigenvalue weighted by atomic mass is 9.88. The Balaban J connectivity index is 1.73. The van der Waals surface area contributed by atoms with E-state index in [1.165, 1.54) is 0 Å². The zero-order chi connectivity index (χ0) is 14.9. The normalized spacial score (nSPS) is 27.8. The predicted octanol–water partition coefficient (Wildman–Crippen LogP) is 2.90. The molecule has 1 saturated carbocycles. The smallest absolute Gasteiger partial charge is 0.376 e. The summed E-state index contributed by atoms with van der Waals surface area (Å²) in [6.45, 7) is 3.70. The minimum atomic E-state index is -0.954. The van der Waals surface area contributed by atoms with E-state index in [-0.39, 0.29) is 5.92 Å². The van der Waals surface area contributed by atoms with Crippen LogP contribution in [0.25, 0.3) is 0 Å². The predicted molar refractivity (Wildman–Crippen MR) is 79.0 cm³/mol. The Bertz CT molecular complexity index is 609. The zero-order valence-electron chi connectivity index (χ0n) is 12.2. The molecule has 1 heterocycles. The zero-order valence-corrected chi connectivity index (χ0v) is 12.2. The number of rotatable bonds is 3. The number of oxime groups is 2. The SMILES string of the molecule is CC1=NOC2(C(=O)O/N=C(\C)c3ccccc3)CCCC12. The van der Waals surface area contributed by atoms with Crippen LogP contribution in [0.15, 0.2) is 40.6 Å². The lowest BCUT2D eigenvalue weighted by Gasteiger charge is -2.22. The molecule has 5 nitrogen and oxygen atoms in total. The van der Waals surface area contributed by atoms with Crippen LogP contribution in [-0.4, -0.2) is 23.0 Å². The highest BCUT2D eigenvalue weighted by atomic mass is 16.7. The van der Waals surface area contributed by atoms with Gasteiger partial charge in [-0.25, -0.2) is 4.79 Å². The monoisotopic (exact) mass is 286 g/mol. The fourth-order valence-corrected chi connectivity index (χ4v) is 3.05. The van der Waals surface area contributed by atoms with Gasteiger partial charge in [0, 0.05) is 6.42 Å². The third-order valence-electron chi connectivity index (χ3n) is 4.26. The minimum absolute atomic E-state index is 0.0252. The lowest BCUT2D eigenvalue weighted by molar-refractivity contribution is -0.172. The van der Waals surface area contributed by atoms with Gasteiger partial charge in [-0.05, 0) is 32.3 Å². The van der Waals surface area contributed by atoms with Crippen LogP contribution >= 0.6 is 0 Å². The molecule has 1 aromatic carbocycles. The van der Waals surface area contributed by atoms with Gasteiger partial charge in [0.1, 0.15) is 0 Å². The Morgan fingerprint density at radius 3 is 2.95 bits per heavy atom. The van der Waals surface area contributed by atoms with Crippen molar-refractivity contribution in [2.75, 3.05) is 0 Å². The molecule has 1 aromatic rings. The maximum atomic E-state index is 12.4. The molecule has 21 heavy (non-hydrogen) atoms. The van der Waals surface area contributed by atoms with Crippen molar-refractivity contribution >= 4 is 17.4 Å². The molecule has 0 radical (unpaired) electrons. The number of carbonyl (C=O) groups is 1. The topological polar surface area (TPSA) is 60.2 Å². The maximum Gasteiger partial charge on any atom is 0.381 e. The van der Waals surface area contributed by atoms with E-state index in [1.807, 2.05) is 44.2 Å².